The Morgan fingerprint density at radius 2 is 1.96 bits per heavy atom. The number of carbonyl (C=O) groups excluding carboxylic acids is 1. The van der Waals surface area contributed by atoms with Crippen LogP contribution in [0.3, 0.4) is 0 Å². The number of alkyl halides is 2. The molecule has 0 aliphatic carbocycles. The van der Waals surface area contributed by atoms with E-state index in [-0.39, 0.29) is 5.91 Å². The second-order valence-corrected chi connectivity index (χ2v) is 8.54. The van der Waals surface area contributed by atoms with Crippen molar-refractivity contribution < 1.29 is 13.6 Å². The van der Waals surface area contributed by atoms with Crippen molar-refractivity contribution in [3.63, 3.8) is 0 Å². The first-order valence-corrected chi connectivity index (χ1v) is 10.3. The van der Waals surface area contributed by atoms with Gasteiger partial charge in [-0.05, 0) is 37.1 Å². The van der Waals surface area contributed by atoms with Crippen molar-refractivity contribution in [2.24, 2.45) is 0 Å². The van der Waals surface area contributed by atoms with E-state index >= 15 is 0 Å². The summed E-state index contributed by atoms with van der Waals surface area (Å²) in [5.41, 5.74) is 0.749. The highest BCUT2D eigenvalue weighted by Gasteiger charge is 2.18. The fraction of sp³-hybridized carbons (Fsp3) is 0.400. The largest absolute Gasteiger partial charge is 0.342 e. The minimum Gasteiger partial charge on any atom is -0.342 e. The van der Waals surface area contributed by atoms with Gasteiger partial charge in [-0.15, -0.1) is 10.2 Å². The lowest BCUT2D eigenvalue weighted by Gasteiger charge is -2.13. The van der Waals surface area contributed by atoms with Crippen molar-refractivity contribution in [2.75, 3.05) is 24.2 Å². The summed E-state index contributed by atoms with van der Waals surface area (Å²) < 4.78 is 25.3. The summed E-state index contributed by atoms with van der Waals surface area (Å²) in [6.07, 6.45) is 2.16. The van der Waals surface area contributed by atoms with Crippen LogP contribution in [0.5, 0.6) is 0 Å². The van der Waals surface area contributed by atoms with Gasteiger partial charge in [-0.1, -0.05) is 34.9 Å². The zero-order chi connectivity index (χ0) is 17.6. The Morgan fingerprint density at radius 3 is 2.64 bits per heavy atom. The Morgan fingerprint density at radius 1 is 1.24 bits per heavy atom. The van der Waals surface area contributed by atoms with E-state index in [9.17, 15) is 13.6 Å². The summed E-state index contributed by atoms with van der Waals surface area (Å²) in [5, 5.41) is 11.8. The smallest absolute Gasteiger partial charge is 0.288 e. The van der Waals surface area contributed by atoms with Crippen LogP contribution in [0.1, 0.15) is 12.8 Å². The molecule has 0 bridgehead atoms. The minimum atomic E-state index is -2.43. The Kier molecular flexibility index (Phi) is 6.49. The van der Waals surface area contributed by atoms with E-state index in [1.807, 2.05) is 4.90 Å². The van der Waals surface area contributed by atoms with Gasteiger partial charge in [-0.3, -0.25) is 4.79 Å². The zero-order valence-corrected chi connectivity index (χ0v) is 15.6. The van der Waals surface area contributed by atoms with Gasteiger partial charge < -0.3 is 10.2 Å². The van der Waals surface area contributed by atoms with Gasteiger partial charge >= 0.3 is 0 Å². The van der Waals surface area contributed by atoms with Gasteiger partial charge in [0.05, 0.1) is 5.75 Å². The maximum Gasteiger partial charge on any atom is 0.288 e. The Bertz CT molecular complexity index is 705. The average molecular weight is 403 g/mol. The fourth-order valence-electron chi connectivity index (χ4n) is 2.34. The normalized spacial score (nSPS) is 14.3. The third kappa shape index (κ3) is 5.55. The molecule has 1 aromatic carbocycles. The number of carbonyl (C=O) groups is 1. The van der Waals surface area contributed by atoms with Crippen LogP contribution in [0, 0.1) is 0 Å². The van der Waals surface area contributed by atoms with E-state index in [1.165, 1.54) is 23.1 Å². The third-order valence-corrected chi connectivity index (χ3v) is 6.19. The number of thioether (sulfide) groups is 2. The van der Waals surface area contributed by atoms with Crippen LogP contribution in [-0.2, 0) is 4.79 Å². The summed E-state index contributed by atoms with van der Waals surface area (Å²) >= 11 is 3.26. The van der Waals surface area contributed by atoms with Crippen molar-refractivity contribution in [3.05, 3.63) is 24.3 Å². The molecule has 3 rings (SSSR count). The number of amides is 1. The first kappa shape index (κ1) is 18.4. The van der Waals surface area contributed by atoms with Crippen molar-refractivity contribution >= 4 is 51.6 Å². The van der Waals surface area contributed by atoms with Crippen LogP contribution in [0.4, 0.5) is 19.6 Å². The first-order valence-electron chi connectivity index (χ1n) is 7.66. The number of aromatic nitrogens is 2. The van der Waals surface area contributed by atoms with E-state index in [1.54, 1.807) is 24.3 Å². The first-order chi connectivity index (χ1) is 12.1. The lowest BCUT2D eigenvalue weighted by molar-refractivity contribution is -0.127. The summed E-state index contributed by atoms with van der Waals surface area (Å²) in [6.45, 7) is 1.70. The standard InChI is InChI=1S/C15H16F2N4OS3/c16-13(17)24-11-5-3-10(4-6-11)18-14-19-20-15(25-14)23-9-12(22)21-7-1-2-8-21/h3-6,13H,1-2,7-9H2,(H,18,19). The summed E-state index contributed by atoms with van der Waals surface area (Å²) in [4.78, 5) is 14.4. The molecule has 2 heterocycles. The Hall–Kier alpha value is -1.39. The predicted octanol–water partition coefficient (Wildman–Crippen LogP) is 4.31. The van der Waals surface area contributed by atoms with Gasteiger partial charge in [-0.25, -0.2) is 0 Å². The SMILES string of the molecule is O=C(CSc1nnc(Nc2ccc(SC(F)F)cc2)s1)N1CCCC1. The molecule has 0 radical (unpaired) electrons. The number of anilines is 2. The molecule has 1 aliphatic rings. The number of hydrogen-bond donors (Lipinski definition) is 1. The summed E-state index contributed by atoms with van der Waals surface area (Å²) in [5.74, 6) is -1.92. The van der Waals surface area contributed by atoms with E-state index in [2.05, 4.69) is 15.5 Å². The molecule has 1 aromatic heterocycles. The third-order valence-electron chi connectivity index (χ3n) is 3.52. The van der Waals surface area contributed by atoms with Crippen LogP contribution in [-0.4, -0.2) is 45.6 Å². The number of benzene rings is 1. The molecular weight excluding hydrogens is 386 g/mol. The van der Waals surface area contributed by atoms with Crippen LogP contribution < -0.4 is 5.32 Å². The van der Waals surface area contributed by atoms with Crippen molar-refractivity contribution in [1.82, 2.24) is 15.1 Å². The molecule has 1 saturated heterocycles. The van der Waals surface area contributed by atoms with Crippen LogP contribution >= 0.6 is 34.9 Å². The number of halogens is 2. The van der Waals surface area contributed by atoms with Crippen molar-refractivity contribution in [3.8, 4) is 0 Å². The second-order valence-electron chi connectivity index (χ2n) is 5.28. The van der Waals surface area contributed by atoms with Gasteiger partial charge in [0.2, 0.25) is 11.0 Å². The number of likely N-dealkylation sites (tertiary alicyclic amines) is 1. The molecule has 1 fully saturated rings. The number of nitrogens with zero attached hydrogens (tertiary/aromatic N) is 3. The lowest BCUT2D eigenvalue weighted by atomic mass is 10.3. The molecule has 1 N–H and O–H groups in total. The highest BCUT2D eigenvalue weighted by atomic mass is 32.2. The Labute approximate surface area is 156 Å². The van der Waals surface area contributed by atoms with Gasteiger partial charge in [0.1, 0.15) is 0 Å². The maximum absolute atomic E-state index is 12.3. The molecule has 25 heavy (non-hydrogen) atoms. The van der Waals surface area contributed by atoms with Gasteiger partial charge in [0.15, 0.2) is 4.34 Å². The van der Waals surface area contributed by atoms with Gasteiger partial charge in [0.25, 0.3) is 5.76 Å². The average Bonchev–Trinajstić information content (AvgIpc) is 3.26. The maximum atomic E-state index is 12.3. The van der Waals surface area contributed by atoms with Crippen LogP contribution in [0.2, 0.25) is 0 Å². The van der Waals surface area contributed by atoms with Crippen LogP contribution in [0.15, 0.2) is 33.5 Å². The second kappa shape index (κ2) is 8.81. The summed E-state index contributed by atoms with van der Waals surface area (Å²) in [6, 6.07) is 6.70. The molecule has 0 spiro atoms. The molecule has 0 atom stereocenters. The molecule has 1 aliphatic heterocycles. The highest BCUT2D eigenvalue weighted by Crippen LogP contribution is 2.30. The zero-order valence-electron chi connectivity index (χ0n) is 13.2. The van der Waals surface area contributed by atoms with Gasteiger partial charge in [0, 0.05) is 23.7 Å². The van der Waals surface area contributed by atoms with E-state index in [4.69, 9.17) is 0 Å². The topological polar surface area (TPSA) is 58.1 Å². The summed E-state index contributed by atoms with van der Waals surface area (Å²) in [7, 11) is 0. The molecule has 2 aromatic rings. The van der Waals surface area contributed by atoms with E-state index in [0.717, 1.165) is 36.0 Å². The van der Waals surface area contributed by atoms with E-state index < -0.39 is 5.76 Å². The molecule has 5 nitrogen and oxygen atoms in total. The quantitative estimate of drug-likeness (QED) is 0.697. The van der Waals surface area contributed by atoms with Crippen LogP contribution in [0.25, 0.3) is 0 Å². The van der Waals surface area contributed by atoms with Gasteiger partial charge in [-0.2, -0.15) is 8.78 Å². The molecule has 0 saturated carbocycles. The Balaban J connectivity index is 1.50. The van der Waals surface area contributed by atoms with E-state index in [0.29, 0.717) is 27.5 Å². The van der Waals surface area contributed by atoms with Crippen molar-refractivity contribution in [2.45, 2.75) is 27.8 Å². The number of hydrogen-bond acceptors (Lipinski definition) is 7. The lowest BCUT2D eigenvalue weighted by Crippen LogP contribution is -2.29. The molecule has 1 amide bonds. The predicted molar refractivity (Wildman–Crippen MR) is 98.0 cm³/mol. The monoisotopic (exact) mass is 402 g/mol. The number of rotatable bonds is 7. The number of nitrogens with one attached hydrogen (secondary N) is 1. The van der Waals surface area contributed by atoms with Crippen molar-refractivity contribution in [1.29, 1.82) is 0 Å². The molecule has 0 unspecified atom stereocenters. The molecular formula is C15H16F2N4OS3. The fourth-order valence-corrected chi connectivity index (χ4v) is 4.52. The molecule has 10 heteroatoms. The molecule has 134 valence electrons. The minimum absolute atomic E-state index is 0.138. The highest BCUT2D eigenvalue weighted by molar-refractivity contribution is 8.01.